The summed E-state index contributed by atoms with van der Waals surface area (Å²) in [7, 11) is 0. The molecule has 0 amide bonds. The second-order valence-corrected chi connectivity index (χ2v) is 6.63. The number of fused-ring (bicyclic) bond motifs is 1. The van der Waals surface area contributed by atoms with Gasteiger partial charge >= 0.3 is 0 Å². The van der Waals surface area contributed by atoms with E-state index in [2.05, 4.69) is 38.2 Å². The van der Waals surface area contributed by atoms with Gasteiger partial charge in [0.15, 0.2) is 0 Å². The van der Waals surface area contributed by atoms with Crippen LogP contribution in [0.25, 0.3) is 0 Å². The number of aryl methyl sites for hydroxylation is 2. The molecule has 20 heavy (non-hydrogen) atoms. The third kappa shape index (κ3) is 2.46. The second-order valence-electron chi connectivity index (χ2n) is 6.63. The van der Waals surface area contributed by atoms with E-state index in [1.807, 2.05) is 0 Å². The molecule has 1 heterocycles. The van der Waals surface area contributed by atoms with E-state index in [-0.39, 0.29) is 5.60 Å². The summed E-state index contributed by atoms with van der Waals surface area (Å²) in [4.78, 5) is 0. The highest BCUT2D eigenvalue weighted by Crippen LogP contribution is 2.46. The van der Waals surface area contributed by atoms with Crippen molar-refractivity contribution in [3.05, 3.63) is 28.8 Å². The lowest BCUT2D eigenvalue weighted by molar-refractivity contribution is -0.00251. The lowest BCUT2D eigenvalue weighted by Crippen LogP contribution is -2.45. The summed E-state index contributed by atoms with van der Waals surface area (Å²) in [6, 6.07) is 5.04. The molecule has 1 fully saturated rings. The van der Waals surface area contributed by atoms with Crippen LogP contribution < -0.4 is 10.1 Å². The number of nitrogens with one attached hydrogen (secondary N) is 1. The van der Waals surface area contributed by atoms with Crippen LogP contribution in [0.5, 0.6) is 5.75 Å². The molecule has 1 aromatic carbocycles. The Morgan fingerprint density at radius 3 is 2.55 bits per heavy atom. The Morgan fingerprint density at radius 1 is 1.15 bits per heavy atom. The van der Waals surface area contributed by atoms with Crippen LogP contribution in [-0.2, 0) is 0 Å². The smallest absolute Gasteiger partial charge is 0.125 e. The predicted molar refractivity (Wildman–Crippen MR) is 83.4 cm³/mol. The highest BCUT2D eigenvalue weighted by atomic mass is 16.5. The van der Waals surface area contributed by atoms with E-state index in [1.165, 1.54) is 48.8 Å². The van der Waals surface area contributed by atoms with Gasteiger partial charge in [0.1, 0.15) is 11.4 Å². The Labute approximate surface area is 122 Å². The van der Waals surface area contributed by atoms with Crippen molar-refractivity contribution in [2.24, 2.45) is 0 Å². The van der Waals surface area contributed by atoms with Crippen molar-refractivity contribution in [2.75, 3.05) is 6.54 Å². The van der Waals surface area contributed by atoms with Crippen LogP contribution >= 0.6 is 0 Å². The first kappa shape index (κ1) is 13.9. The molecule has 1 aliphatic heterocycles. The highest BCUT2D eigenvalue weighted by Gasteiger charge is 2.41. The fraction of sp³-hybridized carbons (Fsp3) is 0.667. The zero-order chi connectivity index (χ0) is 14.2. The summed E-state index contributed by atoms with van der Waals surface area (Å²) in [5.74, 6) is 1.13. The Kier molecular flexibility index (Phi) is 3.76. The zero-order valence-electron chi connectivity index (χ0n) is 13.1. The number of hydrogen-bond acceptors (Lipinski definition) is 2. The van der Waals surface area contributed by atoms with Gasteiger partial charge in [0.25, 0.3) is 0 Å². The molecule has 1 atom stereocenters. The summed E-state index contributed by atoms with van der Waals surface area (Å²) in [5.41, 5.74) is 4.17. The van der Waals surface area contributed by atoms with Crippen molar-refractivity contribution >= 4 is 0 Å². The van der Waals surface area contributed by atoms with Crippen molar-refractivity contribution in [3.63, 3.8) is 0 Å². The molecule has 2 nitrogen and oxygen atoms in total. The largest absolute Gasteiger partial charge is 0.487 e. The average molecular weight is 273 g/mol. The van der Waals surface area contributed by atoms with Crippen LogP contribution in [0.3, 0.4) is 0 Å². The topological polar surface area (TPSA) is 21.3 Å². The van der Waals surface area contributed by atoms with Crippen molar-refractivity contribution in [2.45, 2.75) is 70.9 Å². The molecule has 1 aromatic rings. The minimum Gasteiger partial charge on any atom is -0.487 e. The third-order valence-electron chi connectivity index (χ3n) is 5.12. The molecule has 1 N–H and O–H groups in total. The van der Waals surface area contributed by atoms with E-state index in [9.17, 15) is 0 Å². The summed E-state index contributed by atoms with van der Waals surface area (Å²) in [5, 5.41) is 3.68. The molecule has 0 radical (unpaired) electrons. The quantitative estimate of drug-likeness (QED) is 0.860. The minimum absolute atomic E-state index is 0.0970. The van der Waals surface area contributed by atoms with E-state index < -0.39 is 0 Å². The maximum absolute atomic E-state index is 6.53. The summed E-state index contributed by atoms with van der Waals surface area (Å²) in [6.45, 7) is 7.60. The van der Waals surface area contributed by atoms with Gasteiger partial charge in [0.2, 0.25) is 0 Å². The molecule has 3 rings (SSSR count). The van der Waals surface area contributed by atoms with Gasteiger partial charge in [-0.2, -0.15) is 0 Å². The number of rotatable bonds is 2. The van der Waals surface area contributed by atoms with Crippen LogP contribution in [0.2, 0.25) is 0 Å². The molecular formula is C18H27NO. The average Bonchev–Trinajstić information content (AvgIpc) is 2.42. The standard InChI is InChI=1S/C18H27NO/c1-4-19-16-12-18(8-6-5-7-9-18)20-17-11-14(3)13(2)10-15(16)17/h10-11,16,19H,4-9,12H2,1-3H3. The van der Waals surface area contributed by atoms with Gasteiger partial charge < -0.3 is 10.1 Å². The Hall–Kier alpha value is -1.02. The first-order valence-corrected chi connectivity index (χ1v) is 8.17. The number of benzene rings is 1. The first-order chi connectivity index (χ1) is 9.63. The van der Waals surface area contributed by atoms with E-state index >= 15 is 0 Å². The zero-order valence-corrected chi connectivity index (χ0v) is 13.1. The van der Waals surface area contributed by atoms with E-state index in [1.54, 1.807) is 0 Å². The van der Waals surface area contributed by atoms with E-state index in [4.69, 9.17) is 4.74 Å². The Bertz CT molecular complexity index is 488. The maximum atomic E-state index is 6.53. The van der Waals surface area contributed by atoms with Crippen molar-refractivity contribution < 1.29 is 4.74 Å². The maximum Gasteiger partial charge on any atom is 0.125 e. The number of ether oxygens (including phenoxy) is 1. The van der Waals surface area contributed by atoms with Crippen LogP contribution in [0.15, 0.2) is 12.1 Å². The molecular weight excluding hydrogens is 246 g/mol. The van der Waals surface area contributed by atoms with Gasteiger partial charge in [-0.25, -0.2) is 0 Å². The molecule has 1 saturated carbocycles. The predicted octanol–water partition coefficient (Wildman–Crippen LogP) is 4.44. The summed E-state index contributed by atoms with van der Waals surface area (Å²) in [6.07, 6.45) is 7.59. The van der Waals surface area contributed by atoms with Gasteiger partial charge in [-0.15, -0.1) is 0 Å². The molecule has 0 aromatic heterocycles. The van der Waals surface area contributed by atoms with Crippen molar-refractivity contribution in [1.29, 1.82) is 0 Å². The molecule has 1 spiro atoms. The van der Waals surface area contributed by atoms with Gasteiger partial charge in [-0.3, -0.25) is 0 Å². The summed E-state index contributed by atoms with van der Waals surface area (Å²) >= 11 is 0. The lowest BCUT2D eigenvalue weighted by atomic mass is 9.76. The van der Waals surface area contributed by atoms with Crippen molar-refractivity contribution in [1.82, 2.24) is 5.32 Å². The Morgan fingerprint density at radius 2 is 1.85 bits per heavy atom. The van der Waals surface area contributed by atoms with E-state index in [0.29, 0.717) is 6.04 Å². The minimum atomic E-state index is 0.0970. The molecule has 0 saturated heterocycles. The molecule has 1 aliphatic carbocycles. The van der Waals surface area contributed by atoms with Crippen LogP contribution in [0.1, 0.15) is 68.2 Å². The van der Waals surface area contributed by atoms with Crippen LogP contribution in [0, 0.1) is 13.8 Å². The first-order valence-electron chi connectivity index (χ1n) is 8.17. The van der Waals surface area contributed by atoms with Gasteiger partial charge in [0, 0.05) is 18.0 Å². The van der Waals surface area contributed by atoms with Gasteiger partial charge in [0.05, 0.1) is 0 Å². The van der Waals surface area contributed by atoms with Crippen LogP contribution in [-0.4, -0.2) is 12.1 Å². The number of hydrogen-bond donors (Lipinski definition) is 1. The highest BCUT2D eigenvalue weighted by molar-refractivity contribution is 5.45. The molecule has 110 valence electrons. The monoisotopic (exact) mass is 273 g/mol. The van der Waals surface area contributed by atoms with Gasteiger partial charge in [-0.05, 0) is 63.3 Å². The second kappa shape index (κ2) is 5.40. The molecule has 1 unspecified atom stereocenters. The summed E-state index contributed by atoms with van der Waals surface area (Å²) < 4.78 is 6.53. The lowest BCUT2D eigenvalue weighted by Gasteiger charge is -2.45. The molecule has 0 bridgehead atoms. The fourth-order valence-electron chi connectivity index (χ4n) is 3.86. The fourth-order valence-corrected chi connectivity index (χ4v) is 3.86. The van der Waals surface area contributed by atoms with E-state index in [0.717, 1.165) is 18.7 Å². The third-order valence-corrected chi connectivity index (χ3v) is 5.12. The Balaban J connectivity index is 1.98. The molecule has 2 aliphatic rings. The van der Waals surface area contributed by atoms with Crippen LogP contribution in [0.4, 0.5) is 0 Å². The SMILES string of the molecule is CCNC1CC2(CCCCC2)Oc2cc(C)c(C)cc21. The normalized spacial score (nSPS) is 24.2. The molecule has 2 heteroatoms. The van der Waals surface area contributed by atoms with Gasteiger partial charge in [-0.1, -0.05) is 19.4 Å². The van der Waals surface area contributed by atoms with Crippen molar-refractivity contribution in [3.8, 4) is 5.75 Å².